The number of aromatic nitrogens is 1. The Morgan fingerprint density at radius 3 is 2.39 bits per heavy atom. The molecule has 0 atom stereocenters. The predicted molar refractivity (Wildman–Crippen MR) is 83.5 cm³/mol. The molecule has 0 amide bonds. The van der Waals surface area contributed by atoms with E-state index in [2.05, 4.69) is 4.98 Å². The Kier molecular flexibility index (Phi) is 3.56. The zero-order chi connectivity index (χ0) is 16.7. The molecular formula is C18H13F2NO2. The summed E-state index contributed by atoms with van der Waals surface area (Å²) in [5, 5.41) is 10.0. The second-order valence-electron chi connectivity index (χ2n) is 5.41. The van der Waals surface area contributed by atoms with Gasteiger partial charge in [0.25, 0.3) is 0 Å². The number of rotatable bonds is 2. The number of aryl methyl sites for hydroxylation is 2. The number of carboxylic acid groups (broad SMARTS) is 1. The number of hydrogen-bond donors (Lipinski definition) is 1. The molecular weight excluding hydrogens is 300 g/mol. The van der Waals surface area contributed by atoms with E-state index in [1.807, 2.05) is 19.1 Å². The van der Waals surface area contributed by atoms with Crippen LogP contribution in [0.4, 0.5) is 8.78 Å². The highest BCUT2D eigenvalue weighted by Gasteiger charge is 2.17. The van der Waals surface area contributed by atoms with E-state index in [0.717, 1.165) is 23.3 Å². The van der Waals surface area contributed by atoms with Crippen LogP contribution in [0.3, 0.4) is 0 Å². The number of carboxylic acids is 1. The molecule has 0 bridgehead atoms. The van der Waals surface area contributed by atoms with Crippen LogP contribution in [0.2, 0.25) is 0 Å². The van der Waals surface area contributed by atoms with Gasteiger partial charge in [0, 0.05) is 17.0 Å². The van der Waals surface area contributed by atoms with Gasteiger partial charge in [0.1, 0.15) is 11.6 Å². The van der Waals surface area contributed by atoms with E-state index in [4.69, 9.17) is 0 Å². The van der Waals surface area contributed by atoms with Crippen molar-refractivity contribution in [1.29, 1.82) is 0 Å². The van der Waals surface area contributed by atoms with Gasteiger partial charge in [-0.3, -0.25) is 0 Å². The number of pyridine rings is 1. The first-order valence-electron chi connectivity index (χ1n) is 6.98. The van der Waals surface area contributed by atoms with Gasteiger partial charge < -0.3 is 5.11 Å². The number of fused-ring (bicyclic) bond motifs is 1. The summed E-state index contributed by atoms with van der Waals surface area (Å²) in [7, 11) is 0. The van der Waals surface area contributed by atoms with Gasteiger partial charge in [-0.15, -0.1) is 0 Å². The first kappa shape index (κ1) is 15.1. The van der Waals surface area contributed by atoms with Crippen molar-refractivity contribution >= 4 is 16.9 Å². The number of carbonyl (C=O) groups is 1. The maximum Gasteiger partial charge on any atom is 0.336 e. The topological polar surface area (TPSA) is 50.2 Å². The van der Waals surface area contributed by atoms with Crippen LogP contribution < -0.4 is 0 Å². The van der Waals surface area contributed by atoms with Crippen molar-refractivity contribution in [2.24, 2.45) is 0 Å². The van der Waals surface area contributed by atoms with E-state index in [0.29, 0.717) is 10.9 Å². The van der Waals surface area contributed by atoms with Gasteiger partial charge in [0.2, 0.25) is 0 Å². The fraction of sp³-hybridized carbons (Fsp3) is 0.111. The molecule has 3 nitrogen and oxygen atoms in total. The normalized spacial score (nSPS) is 11.0. The maximum absolute atomic E-state index is 14.0. The summed E-state index contributed by atoms with van der Waals surface area (Å²) in [5.41, 5.74) is 2.36. The van der Waals surface area contributed by atoms with Gasteiger partial charge in [-0.05, 0) is 43.2 Å². The molecule has 0 aliphatic rings. The van der Waals surface area contributed by atoms with Gasteiger partial charge in [-0.1, -0.05) is 12.1 Å². The Morgan fingerprint density at radius 2 is 1.74 bits per heavy atom. The minimum absolute atomic E-state index is 0.0509. The van der Waals surface area contributed by atoms with Crippen molar-refractivity contribution in [2.45, 2.75) is 13.8 Å². The highest BCUT2D eigenvalue weighted by molar-refractivity contribution is 6.05. The average Bonchev–Trinajstić information content (AvgIpc) is 2.50. The molecule has 1 heterocycles. The van der Waals surface area contributed by atoms with Crippen LogP contribution in [0, 0.1) is 25.5 Å². The minimum atomic E-state index is -1.12. The second kappa shape index (κ2) is 5.43. The Balaban J connectivity index is 2.40. The van der Waals surface area contributed by atoms with Crippen molar-refractivity contribution in [3.05, 3.63) is 64.7 Å². The molecule has 3 aromatic rings. The number of aromatic carboxylic acids is 1. The van der Waals surface area contributed by atoms with E-state index in [1.54, 1.807) is 6.92 Å². The molecule has 0 aliphatic carbocycles. The third kappa shape index (κ3) is 2.54. The predicted octanol–water partition coefficient (Wildman–Crippen LogP) is 4.50. The molecule has 0 spiro atoms. The lowest BCUT2D eigenvalue weighted by molar-refractivity contribution is 0.0699. The molecule has 1 aromatic heterocycles. The summed E-state index contributed by atoms with van der Waals surface area (Å²) >= 11 is 0. The molecule has 0 unspecified atom stereocenters. The molecule has 0 saturated heterocycles. The molecule has 2 aromatic carbocycles. The van der Waals surface area contributed by atoms with Crippen LogP contribution in [0.5, 0.6) is 0 Å². The van der Waals surface area contributed by atoms with Gasteiger partial charge in [0.15, 0.2) is 0 Å². The minimum Gasteiger partial charge on any atom is -0.478 e. The Labute approximate surface area is 131 Å². The monoisotopic (exact) mass is 313 g/mol. The zero-order valence-corrected chi connectivity index (χ0v) is 12.5. The zero-order valence-electron chi connectivity index (χ0n) is 12.5. The Hall–Kier alpha value is -2.82. The molecule has 1 N–H and O–H groups in total. The van der Waals surface area contributed by atoms with Crippen molar-refractivity contribution in [3.63, 3.8) is 0 Å². The summed E-state index contributed by atoms with van der Waals surface area (Å²) in [6.07, 6.45) is 0. The van der Waals surface area contributed by atoms with E-state index < -0.39 is 17.6 Å². The van der Waals surface area contributed by atoms with Gasteiger partial charge in [-0.25, -0.2) is 18.6 Å². The molecule has 23 heavy (non-hydrogen) atoms. The molecule has 0 saturated carbocycles. The van der Waals surface area contributed by atoms with Crippen molar-refractivity contribution in [1.82, 2.24) is 4.98 Å². The molecule has 3 rings (SSSR count). The van der Waals surface area contributed by atoms with E-state index >= 15 is 0 Å². The van der Waals surface area contributed by atoms with Crippen LogP contribution in [-0.2, 0) is 0 Å². The Bertz CT molecular complexity index is 951. The maximum atomic E-state index is 14.0. The van der Waals surface area contributed by atoms with Crippen LogP contribution in [-0.4, -0.2) is 16.1 Å². The molecule has 0 fully saturated rings. The Morgan fingerprint density at radius 1 is 1.04 bits per heavy atom. The third-order valence-corrected chi connectivity index (χ3v) is 3.81. The summed E-state index contributed by atoms with van der Waals surface area (Å²) in [6, 6.07) is 8.12. The lowest BCUT2D eigenvalue weighted by Crippen LogP contribution is -2.03. The van der Waals surface area contributed by atoms with Gasteiger partial charge >= 0.3 is 5.97 Å². The lowest BCUT2D eigenvalue weighted by atomic mass is 9.98. The SMILES string of the molecule is Cc1ccc(C)c2c(C(=O)O)cc(-c3ccc(F)cc3F)nc12. The van der Waals surface area contributed by atoms with Crippen molar-refractivity contribution in [3.8, 4) is 11.3 Å². The number of benzene rings is 2. The highest BCUT2D eigenvalue weighted by atomic mass is 19.1. The number of nitrogens with zero attached hydrogens (tertiary/aromatic N) is 1. The molecule has 5 heteroatoms. The van der Waals surface area contributed by atoms with Crippen LogP contribution in [0.15, 0.2) is 36.4 Å². The van der Waals surface area contributed by atoms with Crippen molar-refractivity contribution in [2.75, 3.05) is 0 Å². The standard InChI is InChI=1S/C18H13F2NO2/c1-9-3-4-10(2)17-16(9)13(18(22)23)8-15(21-17)12-6-5-11(19)7-14(12)20/h3-8H,1-2H3,(H,22,23). The van der Waals surface area contributed by atoms with Gasteiger partial charge in [-0.2, -0.15) is 0 Å². The molecule has 0 aliphatic heterocycles. The summed E-state index contributed by atoms with van der Waals surface area (Å²) in [4.78, 5) is 16.0. The van der Waals surface area contributed by atoms with Gasteiger partial charge in [0.05, 0.1) is 16.8 Å². The second-order valence-corrected chi connectivity index (χ2v) is 5.41. The lowest BCUT2D eigenvalue weighted by Gasteiger charge is -2.12. The smallest absolute Gasteiger partial charge is 0.336 e. The fourth-order valence-corrected chi connectivity index (χ4v) is 2.65. The molecule has 116 valence electrons. The van der Waals surface area contributed by atoms with E-state index in [1.165, 1.54) is 12.1 Å². The molecule has 0 radical (unpaired) electrons. The number of halogens is 2. The van der Waals surface area contributed by atoms with Crippen LogP contribution in [0.1, 0.15) is 21.5 Å². The highest BCUT2D eigenvalue weighted by Crippen LogP contribution is 2.30. The number of hydrogen-bond acceptors (Lipinski definition) is 2. The average molecular weight is 313 g/mol. The van der Waals surface area contributed by atoms with Crippen molar-refractivity contribution < 1.29 is 18.7 Å². The third-order valence-electron chi connectivity index (χ3n) is 3.81. The summed E-state index contributed by atoms with van der Waals surface area (Å²) in [6.45, 7) is 3.61. The fourth-order valence-electron chi connectivity index (χ4n) is 2.65. The summed E-state index contributed by atoms with van der Waals surface area (Å²) in [5.74, 6) is -2.59. The van der Waals surface area contributed by atoms with Crippen LogP contribution in [0.25, 0.3) is 22.2 Å². The van der Waals surface area contributed by atoms with E-state index in [-0.39, 0.29) is 16.8 Å². The largest absolute Gasteiger partial charge is 0.478 e. The summed E-state index contributed by atoms with van der Waals surface area (Å²) < 4.78 is 27.1. The van der Waals surface area contributed by atoms with Crippen LogP contribution >= 0.6 is 0 Å². The first-order chi connectivity index (χ1) is 10.9. The first-order valence-corrected chi connectivity index (χ1v) is 6.98. The quantitative estimate of drug-likeness (QED) is 0.758. The van der Waals surface area contributed by atoms with E-state index in [9.17, 15) is 18.7 Å².